The van der Waals surface area contributed by atoms with E-state index in [1.807, 2.05) is 30.3 Å². The smallest absolute Gasteiger partial charge is 0.303 e. The first kappa shape index (κ1) is 24.4. The van der Waals surface area contributed by atoms with Crippen LogP contribution in [0.15, 0.2) is 47.4 Å². The number of carboxylic acids is 1. The third-order valence-corrected chi connectivity index (χ3v) is 7.72. The lowest BCUT2D eigenvalue weighted by atomic mass is 9.77. The average molecular weight is 459 g/mol. The van der Waals surface area contributed by atoms with Gasteiger partial charge in [-0.05, 0) is 74.3 Å². The molecule has 2 aliphatic rings. The number of amides is 2. The number of unbranched alkanes of at least 4 members (excludes halogenated alkanes) is 1. The maximum absolute atomic E-state index is 12.3. The molecule has 0 unspecified atom stereocenters. The fourth-order valence-corrected chi connectivity index (χ4v) is 5.90. The summed E-state index contributed by atoms with van der Waals surface area (Å²) >= 11 is 1.46. The van der Waals surface area contributed by atoms with Crippen molar-refractivity contribution in [1.82, 2.24) is 10.6 Å². The molecule has 0 heterocycles. The van der Waals surface area contributed by atoms with Gasteiger partial charge in [0.1, 0.15) is 0 Å². The van der Waals surface area contributed by atoms with Crippen LogP contribution in [0.1, 0.15) is 44.9 Å². The number of nitrogens with one attached hydrogen (secondary N) is 2. The number of aliphatic carboxylic acids is 1. The standard InChI is InChI=1S/C25H34N2O4S/c28-23(16-27-24(29)17-32-20-8-4-3-5-9-20)26-15-22-19-13-12-18(14-19)21(22)10-6-1-2-7-11-25(30)31/h1,3-6,8-9,18-19,21-22H,2,7,10-17H2,(H,26,28)(H,27,29)(H,30,31)/b6-1-/t18-,19+,21-,22+/m1/s1. The molecule has 7 heteroatoms. The van der Waals surface area contributed by atoms with Gasteiger partial charge in [0, 0.05) is 17.9 Å². The highest BCUT2D eigenvalue weighted by Gasteiger charge is 2.46. The molecule has 0 saturated heterocycles. The zero-order valence-corrected chi connectivity index (χ0v) is 19.3. The zero-order chi connectivity index (χ0) is 22.8. The van der Waals surface area contributed by atoms with Crippen LogP contribution in [-0.4, -0.2) is 41.7 Å². The van der Waals surface area contributed by atoms with E-state index in [4.69, 9.17) is 5.11 Å². The Kier molecular flexibility index (Phi) is 9.65. The summed E-state index contributed by atoms with van der Waals surface area (Å²) in [5.74, 6) is 1.78. The van der Waals surface area contributed by atoms with Crippen LogP contribution < -0.4 is 10.6 Å². The number of fused-ring (bicyclic) bond motifs is 2. The highest BCUT2D eigenvalue weighted by atomic mass is 32.2. The number of carbonyl (C=O) groups excluding carboxylic acids is 2. The predicted octanol–water partition coefficient (Wildman–Crippen LogP) is 3.87. The Morgan fingerprint density at radius 1 is 1.00 bits per heavy atom. The Morgan fingerprint density at radius 2 is 1.75 bits per heavy atom. The third-order valence-electron chi connectivity index (χ3n) is 6.71. The molecule has 0 radical (unpaired) electrons. The molecule has 0 spiro atoms. The van der Waals surface area contributed by atoms with E-state index in [2.05, 4.69) is 22.8 Å². The van der Waals surface area contributed by atoms with E-state index < -0.39 is 5.97 Å². The van der Waals surface area contributed by atoms with Crippen LogP contribution >= 0.6 is 11.8 Å². The number of carbonyl (C=O) groups is 3. The summed E-state index contributed by atoms with van der Waals surface area (Å²) in [6.45, 7) is 0.690. The summed E-state index contributed by atoms with van der Waals surface area (Å²) in [5.41, 5.74) is 0. The van der Waals surface area contributed by atoms with E-state index >= 15 is 0 Å². The third kappa shape index (κ3) is 7.69. The van der Waals surface area contributed by atoms with Gasteiger partial charge in [0.25, 0.3) is 0 Å². The maximum atomic E-state index is 12.3. The lowest BCUT2D eigenvalue weighted by Crippen LogP contribution is -2.41. The zero-order valence-electron chi connectivity index (χ0n) is 18.5. The van der Waals surface area contributed by atoms with Crippen molar-refractivity contribution in [3.05, 3.63) is 42.5 Å². The normalized spacial score (nSPS) is 24.0. The van der Waals surface area contributed by atoms with Gasteiger partial charge in [0.05, 0.1) is 12.3 Å². The van der Waals surface area contributed by atoms with Gasteiger partial charge in [-0.2, -0.15) is 0 Å². The Bertz CT molecular complexity index is 798. The van der Waals surface area contributed by atoms with Crippen LogP contribution in [0.3, 0.4) is 0 Å². The first-order chi connectivity index (χ1) is 15.5. The summed E-state index contributed by atoms with van der Waals surface area (Å²) in [6, 6.07) is 9.73. The largest absolute Gasteiger partial charge is 0.481 e. The van der Waals surface area contributed by atoms with Crippen LogP contribution in [0.4, 0.5) is 0 Å². The number of rotatable bonds is 13. The second-order valence-electron chi connectivity index (χ2n) is 8.84. The number of benzene rings is 1. The van der Waals surface area contributed by atoms with Gasteiger partial charge in [-0.15, -0.1) is 11.8 Å². The fourth-order valence-electron chi connectivity index (χ4n) is 5.15. The molecule has 1 aromatic carbocycles. The second kappa shape index (κ2) is 12.7. The Labute approximate surface area is 194 Å². The summed E-state index contributed by atoms with van der Waals surface area (Å²) in [7, 11) is 0. The highest BCUT2D eigenvalue weighted by Crippen LogP contribution is 2.53. The molecule has 174 valence electrons. The lowest BCUT2D eigenvalue weighted by Gasteiger charge is -2.30. The van der Waals surface area contributed by atoms with Gasteiger partial charge in [-0.3, -0.25) is 14.4 Å². The minimum atomic E-state index is -0.742. The molecule has 2 saturated carbocycles. The molecular weight excluding hydrogens is 424 g/mol. The maximum Gasteiger partial charge on any atom is 0.303 e. The molecule has 3 N–H and O–H groups in total. The fraction of sp³-hybridized carbons (Fsp3) is 0.560. The van der Waals surface area contributed by atoms with E-state index in [1.54, 1.807) is 0 Å². The molecule has 0 aromatic heterocycles. The van der Waals surface area contributed by atoms with E-state index in [0.29, 0.717) is 36.5 Å². The van der Waals surface area contributed by atoms with Gasteiger partial charge >= 0.3 is 5.97 Å². The highest BCUT2D eigenvalue weighted by molar-refractivity contribution is 8.00. The quantitative estimate of drug-likeness (QED) is 0.237. The van der Waals surface area contributed by atoms with Crippen LogP contribution in [0.5, 0.6) is 0 Å². The Hall–Kier alpha value is -2.28. The molecule has 1 aromatic rings. The Morgan fingerprint density at radius 3 is 2.50 bits per heavy atom. The number of hydrogen-bond donors (Lipinski definition) is 3. The van der Waals surface area contributed by atoms with Crippen molar-refractivity contribution in [3.63, 3.8) is 0 Å². The topological polar surface area (TPSA) is 95.5 Å². The van der Waals surface area contributed by atoms with E-state index in [1.165, 1.54) is 31.0 Å². The van der Waals surface area contributed by atoms with Crippen molar-refractivity contribution in [1.29, 1.82) is 0 Å². The summed E-state index contributed by atoms with van der Waals surface area (Å²) in [6.07, 6.45) is 10.8. The SMILES string of the molecule is O=C(O)CCC/C=C\C[C@@H]1[C@@H]2CC[C@@H](C2)[C@@H]1CNC(=O)CNC(=O)CSc1ccccc1. The van der Waals surface area contributed by atoms with Crippen LogP contribution in [0.2, 0.25) is 0 Å². The molecule has 0 aliphatic heterocycles. The van der Waals surface area contributed by atoms with Crippen molar-refractivity contribution in [3.8, 4) is 0 Å². The minimum Gasteiger partial charge on any atom is -0.481 e. The number of carboxylic acid groups (broad SMARTS) is 1. The molecule has 3 rings (SSSR count). The number of allylic oxidation sites excluding steroid dienone is 2. The average Bonchev–Trinajstić information content (AvgIpc) is 3.39. The van der Waals surface area contributed by atoms with Gasteiger partial charge < -0.3 is 15.7 Å². The molecule has 2 amide bonds. The lowest BCUT2D eigenvalue weighted by molar-refractivity contribution is -0.137. The monoisotopic (exact) mass is 458 g/mol. The van der Waals surface area contributed by atoms with Gasteiger partial charge in [0.2, 0.25) is 11.8 Å². The molecular formula is C25H34N2O4S. The van der Waals surface area contributed by atoms with Crippen LogP contribution in [0.25, 0.3) is 0 Å². The number of hydrogen-bond acceptors (Lipinski definition) is 4. The van der Waals surface area contributed by atoms with Crippen LogP contribution in [0, 0.1) is 23.7 Å². The summed E-state index contributed by atoms with van der Waals surface area (Å²) in [5, 5.41) is 14.5. The van der Waals surface area contributed by atoms with Crippen molar-refractivity contribution >= 4 is 29.5 Å². The molecule has 2 aliphatic carbocycles. The van der Waals surface area contributed by atoms with E-state index in [-0.39, 0.29) is 24.8 Å². The van der Waals surface area contributed by atoms with Crippen molar-refractivity contribution in [2.45, 2.75) is 49.8 Å². The molecule has 4 atom stereocenters. The molecule has 2 bridgehead atoms. The first-order valence-corrected chi connectivity index (χ1v) is 12.6. The number of thioether (sulfide) groups is 1. The van der Waals surface area contributed by atoms with Crippen molar-refractivity contribution in [2.75, 3.05) is 18.8 Å². The van der Waals surface area contributed by atoms with Crippen molar-refractivity contribution < 1.29 is 19.5 Å². The molecule has 2 fully saturated rings. The van der Waals surface area contributed by atoms with E-state index in [9.17, 15) is 14.4 Å². The summed E-state index contributed by atoms with van der Waals surface area (Å²) in [4.78, 5) is 35.9. The first-order valence-electron chi connectivity index (χ1n) is 11.6. The van der Waals surface area contributed by atoms with Crippen molar-refractivity contribution in [2.24, 2.45) is 23.7 Å². The Balaban J connectivity index is 1.34. The van der Waals surface area contributed by atoms with Gasteiger partial charge in [-0.1, -0.05) is 30.4 Å². The molecule has 32 heavy (non-hydrogen) atoms. The van der Waals surface area contributed by atoms with Gasteiger partial charge in [-0.25, -0.2) is 0 Å². The van der Waals surface area contributed by atoms with E-state index in [0.717, 1.165) is 23.7 Å². The van der Waals surface area contributed by atoms with Gasteiger partial charge in [0.15, 0.2) is 0 Å². The predicted molar refractivity (Wildman–Crippen MR) is 126 cm³/mol. The second-order valence-corrected chi connectivity index (χ2v) is 9.89. The molecule has 6 nitrogen and oxygen atoms in total. The minimum absolute atomic E-state index is 0.0170. The summed E-state index contributed by atoms with van der Waals surface area (Å²) < 4.78 is 0. The van der Waals surface area contributed by atoms with Crippen LogP contribution in [-0.2, 0) is 14.4 Å².